The molecular formula is C23H23N3O3. The molecule has 29 heavy (non-hydrogen) atoms. The average molecular weight is 389 g/mol. The van der Waals surface area contributed by atoms with Gasteiger partial charge in [0.25, 0.3) is 0 Å². The summed E-state index contributed by atoms with van der Waals surface area (Å²) in [6.07, 6.45) is 4.39. The number of fused-ring (bicyclic) bond motifs is 3. The van der Waals surface area contributed by atoms with Gasteiger partial charge in [-0.15, -0.1) is 0 Å². The Hall–Kier alpha value is -2.99. The zero-order valence-corrected chi connectivity index (χ0v) is 16.4. The van der Waals surface area contributed by atoms with Crippen LogP contribution in [0.15, 0.2) is 48.8 Å². The fourth-order valence-corrected chi connectivity index (χ4v) is 4.65. The second-order valence-electron chi connectivity index (χ2n) is 7.66. The van der Waals surface area contributed by atoms with Crippen LogP contribution >= 0.6 is 0 Å². The number of esters is 1. The van der Waals surface area contributed by atoms with Crippen molar-refractivity contribution in [3.63, 3.8) is 0 Å². The molecule has 6 nitrogen and oxygen atoms in total. The number of nitrogens with zero attached hydrogens (tertiary/aromatic N) is 3. The predicted octanol–water partition coefficient (Wildman–Crippen LogP) is 3.48. The van der Waals surface area contributed by atoms with Crippen molar-refractivity contribution in [1.82, 2.24) is 9.97 Å². The molecule has 1 fully saturated rings. The van der Waals surface area contributed by atoms with Crippen molar-refractivity contribution in [3.05, 3.63) is 65.5 Å². The summed E-state index contributed by atoms with van der Waals surface area (Å²) in [5, 5.41) is 0.872. The molecule has 0 atom stereocenters. The molecular weight excluding hydrogens is 366 g/mol. The molecule has 1 spiro atoms. The minimum absolute atomic E-state index is 0.203. The van der Waals surface area contributed by atoms with Crippen LogP contribution < -0.4 is 4.90 Å². The van der Waals surface area contributed by atoms with Gasteiger partial charge >= 0.3 is 5.97 Å². The third-order valence-electron chi connectivity index (χ3n) is 6.16. The Bertz CT molecular complexity index is 1070. The molecule has 2 aliphatic rings. The third kappa shape index (κ3) is 3.04. The molecule has 1 aromatic heterocycles. The molecule has 0 saturated carbocycles. The first-order valence-electron chi connectivity index (χ1n) is 10.0. The van der Waals surface area contributed by atoms with E-state index in [1.54, 1.807) is 12.4 Å². The number of hydrogen-bond acceptors (Lipinski definition) is 6. The van der Waals surface area contributed by atoms with Gasteiger partial charge in [0, 0.05) is 18.5 Å². The standard InChI is InChI=1S/C23H23N3O3/c1-28-22(27)17-6-7-20-18(14-17)21(25-15-24-20)26-11-9-23(10-12-26)19-5-3-2-4-16(19)8-13-29-23/h2-7,14-15H,8-13H2,1H3. The summed E-state index contributed by atoms with van der Waals surface area (Å²) in [5.74, 6) is 0.506. The Morgan fingerprint density at radius 3 is 2.79 bits per heavy atom. The van der Waals surface area contributed by atoms with E-state index in [4.69, 9.17) is 9.47 Å². The van der Waals surface area contributed by atoms with Crippen LogP contribution in [0.1, 0.15) is 34.3 Å². The van der Waals surface area contributed by atoms with Gasteiger partial charge < -0.3 is 14.4 Å². The van der Waals surface area contributed by atoms with E-state index in [1.165, 1.54) is 18.2 Å². The van der Waals surface area contributed by atoms with Crippen LogP contribution in [0.3, 0.4) is 0 Å². The second kappa shape index (κ2) is 7.12. The average Bonchev–Trinajstić information content (AvgIpc) is 2.79. The van der Waals surface area contributed by atoms with Crippen LogP contribution in [0, 0.1) is 0 Å². The van der Waals surface area contributed by atoms with Crippen LogP contribution in [0.4, 0.5) is 5.82 Å². The third-order valence-corrected chi connectivity index (χ3v) is 6.16. The lowest BCUT2D eigenvalue weighted by Gasteiger charge is -2.45. The van der Waals surface area contributed by atoms with Gasteiger partial charge in [-0.3, -0.25) is 0 Å². The highest BCUT2D eigenvalue weighted by Gasteiger charge is 2.41. The fraction of sp³-hybridized carbons (Fsp3) is 0.348. The maximum atomic E-state index is 12.0. The van der Waals surface area contributed by atoms with Gasteiger partial charge in [-0.1, -0.05) is 24.3 Å². The highest BCUT2D eigenvalue weighted by atomic mass is 16.5. The van der Waals surface area contributed by atoms with Gasteiger partial charge in [0.2, 0.25) is 0 Å². The summed E-state index contributed by atoms with van der Waals surface area (Å²) in [4.78, 5) is 23.2. The number of anilines is 1. The van der Waals surface area contributed by atoms with Crippen LogP contribution in [0.5, 0.6) is 0 Å². The van der Waals surface area contributed by atoms with Crippen molar-refractivity contribution in [1.29, 1.82) is 0 Å². The number of piperidine rings is 1. The molecule has 3 aromatic rings. The number of benzene rings is 2. The lowest BCUT2D eigenvalue weighted by molar-refractivity contribution is -0.0766. The quantitative estimate of drug-likeness (QED) is 0.625. The Morgan fingerprint density at radius 1 is 1.14 bits per heavy atom. The van der Waals surface area contributed by atoms with Gasteiger partial charge in [-0.25, -0.2) is 14.8 Å². The molecule has 6 heteroatoms. The highest BCUT2D eigenvalue weighted by Crippen LogP contribution is 2.42. The predicted molar refractivity (Wildman–Crippen MR) is 110 cm³/mol. The molecule has 3 heterocycles. The molecule has 0 amide bonds. The molecule has 148 valence electrons. The number of hydrogen-bond donors (Lipinski definition) is 0. The Balaban J connectivity index is 1.46. The molecule has 0 bridgehead atoms. The number of rotatable bonds is 2. The van der Waals surface area contributed by atoms with Crippen molar-refractivity contribution in [2.24, 2.45) is 0 Å². The summed E-state index contributed by atoms with van der Waals surface area (Å²) < 4.78 is 11.2. The fourth-order valence-electron chi connectivity index (χ4n) is 4.65. The molecule has 5 rings (SSSR count). The van der Waals surface area contributed by atoms with Crippen LogP contribution in [0.25, 0.3) is 10.9 Å². The van der Waals surface area contributed by atoms with Gasteiger partial charge in [0.15, 0.2) is 0 Å². The zero-order valence-electron chi connectivity index (χ0n) is 16.4. The minimum Gasteiger partial charge on any atom is -0.465 e. The molecule has 0 aliphatic carbocycles. The molecule has 2 aliphatic heterocycles. The number of methoxy groups -OCH3 is 1. The van der Waals surface area contributed by atoms with Crippen molar-refractivity contribution < 1.29 is 14.3 Å². The van der Waals surface area contributed by atoms with E-state index in [9.17, 15) is 4.79 Å². The zero-order chi connectivity index (χ0) is 19.8. The Labute approximate surface area is 169 Å². The SMILES string of the molecule is COC(=O)c1ccc2ncnc(N3CCC4(CC3)OCCc3ccccc34)c2c1. The van der Waals surface area contributed by atoms with Crippen LogP contribution in [-0.4, -0.2) is 42.7 Å². The lowest BCUT2D eigenvalue weighted by Crippen LogP contribution is -2.47. The summed E-state index contributed by atoms with van der Waals surface area (Å²) in [7, 11) is 1.39. The first-order valence-corrected chi connectivity index (χ1v) is 10.0. The topological polar surface area (TPSA) is 64.5 Å². The van der Waals surface area contributed by atoms with Gasteiger partial charge in [0.05, 0.1) is 30.4 Å². The molecule has 2 aromatic carbocycles. The van der Waals surface area contributed by atoms with E-state index in [2.05, 4.69) is 39.1 Å². The number of ether oxygens (including phenoxy) is 2. The van der Waals surface area contributed by atoms with Gasteiger partial charge in [0.1, 0.15) is 12.1 Å². The van der Waals surface area contributed by atoms with Gasteiger partial charge in [-0.05, 0) is 48.6 Å². The highest BCUT2D eigenvalue weighted by molar-refractivity contribution is 5.98. The maximum Gasteiger partial charge on any atom is 0.337 e. The van der Waals surface area contributed by atoms with Gasteiger partial charge in [-0.2, -0.15) is 0 Å². The minimum atomic E-state index is -0.355. The summed E-state index contributed by atoms with van der Waals surface area (Å²) in [6, 6.07) is 14.1. The summed E-state index contributed by atoms with van der Waals surface area (Å²) in [5.41, 5.74) is 3.87. The number of carbonyl (C=O) groups is 1. The van der Waals surface area contributed by atoms with Crippen LogP contribution in [-0.2, 0) is 21.5 Å². The first kappa shape index (κ1) is 18.1. The summed E-state index contributed by atoms with van der Waals surface area (Å²) in [6.45, 7) is 2.45. The molecule has 0 N–H and O–H groups in total. The second-order valence-corrected chi connectivity index (χ2v) is 7.66. The van der Waals surface area contributed by atoms with E-state index in [1.807, 2.05) is 12.1 Å². The normalized spacial score (nSPS) is 17.9. The van der Waals surface area contributed by atoms with E-state index in [0.717, 1.165) is 55.7 Å². The monoisotopic (exact) mass is 389 g/mol. The van der Waals surface area contributed by atoms with E-state index < -0.39 is 0 Å². The van der Waals surface area contributed by atoms with Crippen molar-refractivity contribution in [3.8, 4) is 0 Å². The lowest BCUT2D eigenvalue weighted by atomic mass is 9.79. The molecule has 0 radical (unpaired) electrons. The first-order chi connectivity index (χ1) is 14.2. The number of carbonyl (C=O) groups excluding carboxylic acids is 1. The Kier molecular flexibility index (Phi) is 4.43. The smallest absolute Gasteiger partial charge is 0.337 e. The number of aromatic nitrogens is 2. The van der Waals surface area contributed by atoms with Crippen LogP contribution in [0.2, 0.25) is 0 Å². The maximum absolute atomic E-state index is 12.0. The van der Waals surface area contributed by atoms with E-state index in [0.29, 0.717) is 5.56 Å². The largest absolute Gasteiger partial charge is 0.465 e. The van der Waals surface area contributed by atoms with Crippen molar-refractivity contribution in [2.45, 2.75) is 24.9 Å². The molecule has 0 unspecified atom stereocenters. The van der Waals surface area contributed by atoms with E-state index in [-0.39, 0.29) is 11.6 Å². The van der Waals surface area contributed by atoms with E-state index >= 15 is 0 Å². The van der Waals surface area contributed by atoms with Crippen molar-refractivity contribution >= 4 is 22.7 Å². The van der Waals surface area contributed by atoms with Crippen molar-refractivity contribution in [2.75, 3.05) is 31.7 Å². The molecule has 1 saturated heterocycles. The Morgan fingerprint density at radius 2 is 1.97 bits per heavy atom. The summed E-state index contributed by atoms with van der Waals surface area (Å²) >= 11 is 0.